The van der Waals surface area contributed by atoms with Crippen molar-refractivity contribution >= 4 is 29.4 Å². The molecule has 0 saturated heterocycles. The number of fused-ring (bicyclic) bond motifs is 1. The second-order valence-electron chi connectivity index (χ2n) is 9.25. The van der Waals surface area contributed by atoms with Gasteiger partial charge < -0.3 is 40.1 Å². The van der Waals surface area contributed by atoms with Crippen molar-refractivity contribution in [1.82, 2.24) is 15.2 Å². The number of pyridine rings is 1. The molecule has 2 aromatic carbocycles. The third kappa shape index (κ3) is 5.15. The van der Waals surface area contributed by atoms with Crippen molar-refractivity contribution < 1.29 is 34.7 Å². The van der Waals surface area contributed by atoms with Crippen LogP contribution in [0.2, 0.25) is 0 Å². The molecule has 5 rings (SSSR count). The van der Waals surface area contributed by atoms with Crippen LogP contribution in [0.25, 0.3) is 10.9 Å². The van der Waals surface area contributed by atoms with Gasteiger partial charge >= 0.3 is 0 Å². The highest BCUT2D eigenvalue weighted by Gasteiger charge is 2.91. The monoisotopic (exact) mass is 557 g/mol. The average molecular weight is 558 g/mol. The van der Waals surface area contributed by atoms with Crippen molar-refractivity contribution in [2.24, 2.45) is 0 Å². The van der Waals surface area contributed by atoms with Crippen LogP contribution in [0.5, 0.6) is 11.5 Å². The van der Waals surface area contributed by atoms with Gasteiger partial charge in [-0.05, 0) is 62.2 Å². The molecule has 39 heavy (non-hydrogen) atoms. The first-order valence-corrected chi connectivity index (χ1v) is 12.9. The number of benzene rings is 2. The molecule has 1 aliphatic carbocycles. The number of nitrogens with one attached hydrogen (secondary N) is 1. The first kappa shape index (κ1) is 30.2. The lowest BCUT2D eigenvalue weighted by molar-refractivity contribution is -0.207. The molecule has 210 valence electrons. The molecule has 1 amide bonds. The minimum atomic E-state index is -3.09. The van der Waals surface area contributed by atoms with Crippen molar-refractivity contribution in [3.8, 4) is 11.5 Å². The van der Waals surface area contributed by atoms with E-state index < -0.39 is 23.0 Å². The van der Waals surface area contributed by atoms with Crippen LogP contribution in [0.1, 0.15) is 27.2 Å². The topological polar surface area (TPSA) is 145 Å². The molecule has 10 nitrogen and oxygen atoms in total. The van der Waals surface area contributed by atoms with Crippen molar-refractivity contribution in [2.45, 2.75) is 31.0 Å². The van der Waals surface area contributed by atoms with Crippen molar-refractivity contribution in [1.29, 1.82) is 0 Å². The quantitative estimate of drug-likeness (QED) is 0.205. The Morgan fingerprint density at radius 3 is 2.05 bits per heavy atom. The van der Waals surface area contributed by atoms with E-state index in [1.165, 1.54) is 26.4 Å². The molecule has 0 spiro atoms. The van der Waals surface area contributed by atoms with Crippen molar-refractivity contribution in [3.63, 3.8) is 0 Å². The van der Waals surface area contributed by atoms with Gasteiger partial charge in [-0.15, -0.1) is 0 Å². The smallest absolute Gasteiger partial charge is 0.255 e. The van der Waals surface area contributed by atoms with E-state index >= 15 is 0 Å². The van der Waals surface area contributed by atoms with Crippen LogP contribution in [0.15, 0.2) is 54.7 Å². The van der Waals surface area contributed by atoms with Crippen LogP contribution in [0.3, 0.4) is 0 Å². The number of carbonyl (C=O) groups is 1. The Kier molecular flexibility index (Phi) is 8.83. The summed E-state index contributed by atoms with van der Waals surface area (Å²) in [5.41, 5.74) is -0.488. The van der Waals surface area contributed by atoms with Gasteiger partial charge in [-0.25, -0.2) is 0 Å². The van der Waals surface area contributed by atoms with Crippen LogP contribution < -0.4 is 14.8 Å². The maximum absolute atomic E-state index is 13.2. The van der Waals surface area contributed by atoms with Crippen molar-refractivity contribution in [2.75, 3.05) is 34.1 Å². The molecule has 1 saturated carbocycles. The summed E-state index contributed by atoms with van der Waals surface area (Å²) in [6.07, 6.45) is 5.88. The first-order chi connectivity index (χ1) is 18.4. The summed E-state index contributed by atoms with van der Waals surface area (Å²) in [7, 11) is 4.92. The number of nitrogens with zero attached hydrogens (tertiary/aromatic N) is 2. The van der Waals surface area contributed by atoms with E-state index in [4.69, 9.17) is 9.47 Å². The van der Waals surface area contributed by atoms with Crippen LogP contribution in [-0.4, -0.2) is 81.9 Å². The van der Waals surface area contributed by atoms with E-state index in [1.807, 2.05) is 0 Å². The van der Waals surface area contributed by atoms with Gasteiger partial charge in [0.25, 0.3) is 17.5 Å². The number of hydrogen-bond donors (Lipinski definition) is 6. The summed E-state index contributed by atoms with van der Waals surface area (Å²) < 4.78 is 10.5. The highest BCUT2D eigenvalue weighted by Crippen LogP contribution is 2.62. The number of aliphatic hydroxyl groups is 4. The maximum atomic E-state index is 13.2. The number of aromatic nitrogens is 1. The molecule has 5 N–H and O–H groups in total. The number of aryl methyl sites for hydroxylation is 2. The highest BCUT2D eigenvalue weighted by molar-refractivity contribution is 7.79. The van der Waals surface area contributed by atoms with Gasteiger partial charge in [-0.3, -0.25) is 9.78 Å². The Labute approximate surface area is 232 Å². The Hall–Kier alpha value is -3.35. The van der Waals surface area contributed by atoms with Crippen LogP contribution in [0, 0.1) is 13.8 Å². The third-order valence-electron chi connectivity index (χ3n) is 6.77. The van der Waals surface area contributed by atoms with E-state index in [-0.39, 0.29) is 16.9 Å². The third-order valence-corrected chi connectivity index (χ3v) is 6.77. The number of ether oxygens (including phenoxy) is 2. The van der Waals surface area contributed by atoms with Crippen LogP contribution >= 0.6 is 12.6 Å². The number of methoxy groups -OCH3 is 2. The molecule has 1 aromatic heterocycles. The van der Waals surface area contributed by atoms with Gasteiger partial charge in [-0.2, -0.15) is 12.6 Å². The SMILES string of the molecule is CN1C=CC1.COc1ccc(C)c(C(=O)NC2(c3cc(OC)cc4nc(C)ccc34)C(O)(O)C2(O)O)c1.CS. The molecular formula is C28H35N3O7S. The predicted octanol–water partition coefficient (Wildman–Crippen LogP) is 1.86. The van der Waals surface area contributed by atoms with Gasteiger partial charge in [0.1, 0.15) is 11.5 Å². The molecule has 0 radical (unpaired) electrons. The Balaban J connectivity index is 0.000000530. The van der Waals surface area contributed by atoms with Gasteiger partial charge in [0.2, 0.25) is 0 Å². The zero-order chi connectivity index (χ0) is 29.2. The lowest BCUT2D eigenvalue weighted by atomic mass is 9.95. The lowest BCUT2D eigenvalue weighted by Gasteiger charge is -2.23. The Morgan fingerprint density at radius 1 is 0.974 bits per heavy atom. The number of hydrogen-bond acceptors (Lipinski definition) is 10. The van der Waals surface area contributed by atoms with Gasteiger partial charge in [0, 0.05) is 41.9 Å². The first-order valence-electron chi connectivity index (χ1n) is 12.0. The standard InChI is InChI=1S/C23H24N2O7.C4H7N.CH4S/c1-12-5-7-14(31-3)9-17(12)20(26)25-21(22(27,28)23(21,29)30)18-10-15(32-4)11-19-16(18)8-6-13(2)24-19;1-5-3-2-4-5;1-2/h5-11,27-30H,1-4H3,(H,25,26);2-3H,4H2,1H3;2H,1H3. The predicted molar refractivity (Wildman–Crippen MR) is 151 cm³/mol. The summed E-state index contributed by atoms with van der Waals surface area (Å²) in [5.74, 6) is -6.24. The molecule has 0 unspecified atom stereocenters. The molecule has 2 heterocycles. The second-order valence-corrected chi connectivity index (χ2v) is 9.25. The normalized spacial score (nSPS) is 17.1. The molecule has 1 fully saturated rings. The zero-order valence-electron chi connectivity index (χ0n) is 22.8. The summed E-state index contributed by atoms with van der Waals surface area (Å²) in [6, 6.07) is 11.2. The molecular weight excluding hydrogens is 522 g/mol. The maximum Gasteiger partial charge on any atom is 0.255 e. The van der Waals surface area contributed by atoms with E-state index in [0.29, 0.717) is 27.9 Å². The molecule has 0 bridgehead atoms. The fraction of sp³-hybridized carbons (Fsp3) is 0.357. The number of thiol groups is 1. The van der Waals surface area contributed by atoms with Crippen LogP contribution in [-0.2, 0) is 5.54 Å². The van der Waals surface area contributed by atoms with E-state index in [2.05, 4.69) is 47.2 Å². The summed E-state index contributed by atoms with van der Waals surface area (Å²) >= 11 is 3.53. The Bertz CT molecular complexity index is 1380. The van der Waals surface area contributed by atoms with Gasteiger partial charge in [0.15, 0.2) is 5.54 Å². The fourth-order valence-corrected chi connectivity index (χ4v) is 4.38. The fourth-order valence-electron chi connectivity index (χ4n) is 4.38. The largest absolute Gasteiger partial charge is 0.497 e. The zero-order valence-corrected chi connectivity index (χ0v) is 23.7. The van der Waals surface area contributed by atoms with Crippen molar-refractivity contribution in [3.05, 3.63) is 77.1 Å². The van der Waals surface area contributed by atoms with E-state index in [1.54, 1.807) is 50.4 Å². The molecule has 0 atom stereocenters. The van der Waals surface area contributed by atoms with E-state index in [9.17, 15) is 25.2 Å². The molecule has 2 aliphatic rings. The second kappa shape index (κ2) is 11.4. The summed E-state index contributed by atoms with van der Waals surface area (Å²) in [5, 5.41) is 45.3. The minimum Gasteiger partial charge on any atom is -0.497 e. The van der Waals surface area contributed by atoms with Gasteiger partial charge in [-0.1, -0.05) is 12.1 Å². The number of rotatable bonds is 5. The summed E-state index contributed by atoms with van der Waals surface area (Å²) in [6.45, 7) is 4.61. The molecule has 11 heteroatoms. The number of likely N-dealkylation sites (N-methyl/N-ethyl adjacent to an activating group) is 1. The molecule has 1 aliphatic heterocycles. The lowest BCUT2D eigenvalue weighted by Crippen LogP contribution is -2.44. The highest BCUT2D eigenvalue weighted by atomic mass is 32.1. The summed E-state index contributed by atoms with van der Waals surface area (Å²) in [4.78, 5) is 19.8. The minimum absolute atomic E-state index is 0.0308. The molecule has 3 aromatic rings. The number of amides is 1. The number of carbonyl (C=O) groups excluding carboxylic acids is 1. The van der Waals surface area contributed by atoms with E-state index in [0.717, 1.165) is 6.54 Å². The van der Waals surface area contributed by atoms with Gasteiger partial charge in [0.05, 0.1) is 19.7 Å². The van der Waals surface area contributed by atoms with Crippen LogP contribution in [0.4, 0.5) is 0 Å². The average Bonchev–Trinajstić information content (AvgIpc) is 3.25. The Morgan fingerprint density at radius 2 is 1.56 bits per heavy atom.